The molecule has 0 aliphatic heterocycles. The minimum atomic E-state index is 0.286. The van der Waals surface area contributed by atoms with Gasteiger partial charge in [0.1, 0.15) is 0 Å². The van der Waals surface area contributed by atoms with Gasteiger partial charge in [0.2, 0.25) is 0 Å². The van der Waals surface area contributed by atoms with Gasteiger partial charge in [0.25, 0.3) is 0 Å². The van der Waals surface area contributed by atoms with Crippen molar-refractivity contribution >= 4 is 0 Å². The van der Waals surface area contributed by atoms with E-state index in [1.54, 1.807) is 7.11 Å². The second-order valence-electron chi connectivity index (χ2n) is 5.04. The molecular formula is C14H27N3O. The predicted molar refractivity (Wildman–Crippen MR) is 74.8 cm³/mol. The first-order chi connectivity index (χ1) is 8.56. The van der Waals surface area contributed by atoms with Crippen LogP contribution in [0.3, 0.4) is 0 Å². The summed E-state index contributed by atoms with van der Waals surface area (Å²) in [4.78, 5) is 0. The molecular weight excluding hydrogens is 226 g/mol. The molecule has 1 heterocycles. The molecule has 1 N–H and O–H groups in total. The molecule has 1 aromatic rings. The van der Waals surface area contributed by atoms with Crippen molar-refractivity contribution in [3.8, 4) is 0 Å². The molecule has 0 saturated heterocycles. The predicted octanol–water partition coefficient (Wildman–Crippen LogP) is 2.06. The molecule has 0 fully saturated rings. The van der Waals surface area contributed by atoms with Gasteiger partial charge >= 0.3 is 0 Å². The number of nitrogens with zero attached hydrogens (tertiary/aromatic N) is 2. The second-order valence-corrected chi connectivity index (χ2v) is 5.04. The highest BCUT2D eigenvalue weighted by molar-refractivity contribution is 5.10. The zero-order valence-corrected chi connectivity index (χ0v) is 12.4. The van der Waals surface area contributed by atoms with Gasteiger partial charge in [-0.05, 0) is 39.3 Å². The van der Waals surface area contributed by atoms with Crippen LogP contribution in [-0.2, 0) is 18.2 Å². The number of aryl methyl sites for hydroxylation is 2. The summed E-state index contributed by atoms with van der Waals surface area (Å²) in [5.41, 5.74) is 2.37. The van der Waals surface area contributed by atoms with Gasteiger partial charge in [-0.3, -0.25) is 4.68 Å². The fraction of sp³-hybridized carbons (Fsp3) is 0.786. The number of hydrogen-bond donors (Lipinski definition) is 1. The van der Waals surface area contributed by atoms with Gasteiger partial charge in [-0.25, -0.2) is 0 Å². The summed E-state index contributed by atoms with van der Waals surface area (Å²) in [6.45, 7) is 7.40. The molecule has 0 aliphatic rings. The highest BCUT2D eigenvalue weighted by Gasteiger charge is 2.15. The lowest BCUT2D eigenvalue weighted by Crippen LogP contribution is -2.35. The number of nitrogens with one attached hydrogen (secondary N) is 1. The first kappa shape index (κ1) is 15.2. The highest BCUT2D eigenvalue weighted by Crippen LogP contribution is 2.10. The van der Waals surface area contributed by atoms with E-state index in [0.29, 0.717) is 6.04 Å². The second kappa shape index (κ2) is 7.54. The Morgan fingerprint density at radius 3 is 2.72 bits per heavy atom. The van der Waals surface area contributed by atoms with E-state index in [9.17, 15) is 0 Å². The average molecular weight is 253 g/mol. The maximum atomic E-state index is 5.37. The minimum absolute atomic E-state index is 0.286. The molecule has 1 aromatic heterocycles. The fourth-order valence-electron chi connectivity index (χ4n) is 2.19. The molecule has 0 radical (unpaired) electrons. The Bertz CT molecular complexity index is 349. The molecule has 0 aliphatic carbocycles. The third-order valence-corrected chi connectivity index (χ3v) is 3.26. The van der Waals surface area contributed by atoms with Gasteiger partial charge in [0.05, 0.1) is 11.8 Å². The van der Waals surface area contributed by atoms with Crippen LogP contribution < -0.4 is 5.32 Å². The van der Waals surface area contributed by atoms with Gasteiger partial charge in [-0.15, -0.1) is 0 Å². The van der Waals surface area contributed by atoms with E-state index >= 15 is 0 Å². The molecule has 18 heavy (non-hydrogen) atoms. The van der Waals surface area contributed by atoms with Crippen molar-refractivity contribution in [2.75, 3.05) is 13.7 Å². The Hall–Kier alpha value is -0.870. The molecule has 0 aromatic carbocycles. The lowest BCUT2D eigenvalue weighted by Gasteiger charge is -2.21. The van der Waals surface area contributed by atoms with E-state index in [2.05, 4.69) is 30.3 Å². The first-order valence-electron chi connectivity index (χ1n) is 6.82. The highest BCUT2D eigenvalue weighted by atomic mass is 16.5. The summed E-state index contributed by atoms with van der Waals surface area (Å²) in [5, 5.41) is 8.00. The van der Waals surface area contributed by atoms with E-state index in [1.807, 2.05) is 18.7 Å². The van der Waals surface area contributed by atoms with Crippen LogP contribution in [0.2, 0.25) is 0 Å². The normalized spacial score (nSPS) is 14.7. The lowest BCUT2D eigenvalue weighted by atomic mass is 10.0. The SMILES string of the molecule is CCCNC(Cc1cc(C)nn1C)CC(C)OC. The van der Waals surface area contributed by atoms with Crippen LogP contribution in [0.1, 0.15) is 38.1 Å². The summed E-state index contributed by atoms with van der Waals surface area (Å²) in [6, 6.07) is 2.62. The summed E-state index contributed by atoms with van der Waals surface area (Å²) < 4.78 is 7.35. The Kier molecular flexibility index (Phi) is 6.36. The number of hydrogen-bond acceptors (Lipinski definition) is 3. The fourth-order valence-corrected chi connectivity index (χ4v) is 2.19. The standard InChI is InChI=1S/C14H27N3O/c1-6-7-15-13(9-12(3)18-5)10-14-8-11(2)16-17(14)4/h8,12-13,15H,6-7,9-10H2,1-5H3. The van der Waals surface area contributed by atoms with Crippen LogP contribution >= 0.6 is 0 Å². The van der Waals surface area contributed by atoms with Crippen LogP contribution in [0, 0.1) is 6.92 Å². The number of methoxy groups -OCH3 is 1. The average Bonchev–Trinajstić information content (AvgIpc) is 2.64. The van der Waals surface area contributed by atoms with Gasteiger partial charge < -0.3 is 10.1 Å². The smallest absolute Gasteiger partial charge is 0.0596 e. The molecule has 1 rings (SSSR count). The third-order valence-electron chi connectivity index (χ3n) is 3.26. The summed E-state index contributed by atoms with van der Waals surface area (Å²) in [7, 11) is 3.79. The van der Waals surface area contributed by atoms with E-state index in [4.69, 9.17) is 4.74 Å². The van der Waals surface area contributed by atoms with E-state index < -0.39 is 0 Å². The molecule has 0 spiro atoms. The van der Waals surface area contributed by atoms with Crippen molar-refractivity contribution in [1.29, 1.82) is 0 Å². The van der Waals surface area contributed by atoms with Crippen LogP contribution in [0.15, 0.2) is 6.07 Å². The molecule has 104 valence electrons. The van der Waals surface area contributed by atoms with Crippen molar-refractivity contribution in [1.82, 2.24) is 15.1 Å². The molecule has 0 saturated carbocycles. The van der Waals surface area contributed by atoms with Crippen molar-refractivity contribution in [2.24, 2.45) is 7.05 Å². The van der Waals surface area contributed by atoms with Crippen LogP contribution in [0.4, 0.5) is 0 Å². The maximum absolute atomic E-state index is 5.37. The van der Waals surface area contributed by atoms with Gasteiger partial charge in [-0.1, -0.05) is 6.92 Å². The van der Waals surface area contributed by atoms with Crippen LogP contribution in [-0.4, -0.2) is 35.6 Å². The summed E-state index contributed by atoms with van der Waals surface area (Å²) in [6.07, 6.45) is 3.47. The van der Waals surface area contributed by atoms with Gasteiger partial charge in [-0.2, -0.15) is 5.10 Å². The number of ether oxygens (including phenoxy) is 1. The van der Waals surface area contributed by atoms with Crippen LogP contribution in [0.25, 0.3) is 0 Å². The summed E-state index contributed by atoms with van der Waals surface area (Å²) in [5.74, 6) is 0. The van der Waals surface area contributed by atoms with Crippen molar-refractivity contribution in [2.45, 2.75) is 52.2 Å². The molecule has 2 atom stereocenters. The van der Waals surface area contributed by atoms with E-state index in [0.717, 1.165) is 31.5 Å². The summed E-state index contributed by atoms with van der Waals surface area (Å²) >= 11 is 0. The Morgan fingerprint density at radius 1 is 1.50 bits per heavy atom. The number of aromatic nitrogens is 2. The van der Waals surface area contributed by atoms with Gasteiger partial charge in [0.15, 0.2) is 0 Å². The zero-order chi connectivity index (χ0) is 13.5. The lowest BCUT2D eigenvalue weighted by molar-refractivity contribution is 0.100. The largest absolute Gasteiger partial charge is 0.382 e. The topological polar surface area (TPSA) is 39.1 Å². The Morgan fingerprint density at radius 2 is 2.22 bits per heavy atom. The molecule has 0 amide bonds. The first-order valence-corrected chi connectivity index (χ1v) is 6.82. The minimum Gasteiger partial charge on any atom is -0.382 e. The number of rotatable bonds is 8. The van der Waals surface area contributed by atoms with E-state index in [-0.39, 0.29) is 6.10 Å². The molecule has 4 heteroatoms. The third kappa shape index (κ3) is 4.78. The Labute approximate surface area is 111 Å². The van der Waals surface area contributed by atoms with Crippen molar-refractivity contribution in [3.05, 3.63) is 17.5 Å². The van der Waals surface area contributed by atoms with Crippen molar-refractivity contribution in [3.63, 3.8) is 0 Å². The molecule has 2 unspecified atom stereocenters. The van der Waals surface area contributed by atoms with Crippen LogP contribution in [0.5, 0.6) is 0 Å². The molecule has 4 nitrogen and oxygen atoms in total. The molecule has 0 bridgehead atoms. The maximum Gasteiger partial charge on any atom is 0.0596 e. The van der Waals surface area contributed by atoms with Crippen molar-refractivity contribution < 1.29 is 4.74 Å². The van der Waals surface area contributed by atoms with E-state index in [1.165, 1.54) is 5.69 Å². The monoisotopic (exact) mass is 253 g/mol. The zero-order valence-electron chi connectivity index (χ0n) is 12.4. The Balaban J connectivity index is 2.62. The van der Waals surface area contributed by atoms with Gasteiger partial charge in [0, 0.05) is 32.3 Å². The quantitative estimate of drug-likeness (QED) is 0.771.